The van der Waals surface area contributed by atoms with Gasteiger partial charge in [0.1, 0.15) is 11.5 Å². The van der Waals surface area contributed by atoms with Crippen LogP contribution < -0.4 is 5.32 Å². The van der Waals surface area contributed by atoms with E-state index in [-0.39, 0.29) is 5.82 Å². The predicted octanol–water partition coefficient (Wildman–Crippen LogP) is 4.63. The zero-order valence-electron chi connectivity index (χ0n) is 14.0. The molecule has 3 nitrogen and oxygen atoms in total. The molecule has 4 heteroatoms. The van der Waals surface area contributed by atoms with Gasteiger partial charge in [-0.15, -0.1) is 16.6 Å². The van der Waals surface area contributed by atoms with E-state index >= 15 is 0 Å². The van der Waals surface area contributed by atoms with Crippen LogP contribution in [0.2, 0.25) is 0 Å². The highest BCUT2D eigenvalue weighted by Gasteiger charge is 2.26. The van der Waals surface area contributed by atoms with Crippen molar-refractivity contribution < 1.29 is 4.39 Å². The smallest absolute Gasteiger partial charge is 0.156 e. The molecule has 2 aromatic carbocycles. The summed E-state index contributed by atoms with van der Waals surface area (Å²) in [6.45, 7) is 2.24. The molecule has 1 fully saturated rings. The van der Waals surface area contributed by atoms with Gasteiger partial charge in [0.15, 0.2) is 5.82 Å². The van der Waals surface area contributed by atoms with Crippen molar-refractivity contribution in [3.8, 4) is 23.6 Å². The Morgan fingerprint density at radius 1 is 1.12 bits per heavy atom. The molecule has 0 bridgehead atoms. The first kappa shape index (κ1) is 15.6. The molecule has 0 radical (unpaired) electrons. The van der Waals surface area contributed by atoms with Crippen molar-refractivity contribution in [3.05, 3.63) is 53.8 Å². The maximum absolute atomic E-state index is 14.5. The van der Waals surface area contributed by atoms with Crippen LogP contribution >= 0.6 is 0 Å². The number of nitrogens with zero attached hydrogens (tertiary/aromatic N) is 2. The number of aromatic nitrogens is 2. The number of halogens is 1. The topological polar surface area (TPSA) is 37.8 Å². The molecule has 1 aliphatic carbocycles. The summed E-state index contributed by atoms with van der Waals surface area (Å²) in [5, 5.41) is 14.0. The fourth-order valence-electron chi connectivity index (χ4n) is 3.42. The molecule has 0 unspecified atom stereocenters. The Morgan fingerprint density at radius 3 is 2.56 bits per heavy atom. The fraction of sp³-hybridized carbons (Fsp3) is 0.238. The molecule has 1 aromatic heterocycles. The van der Waals surface area contributed by atoms with Crippen molar-refractivity contribution >= 4 is 16.6 Å². The number of hydrogen-bond acceptors (Lipinski definition) is 3. The standard InChI is InChI=1S/C21H18FN3/c1-3-14-8-9-18(19(22)12-14)20-16-6-4-5-7-17(16)21(25-24-20)23-15-10-13(2)11-15/h1,4-9,12-13,15H,10-11H2,2H3,(H,23,25). The van der Waals surface area contributed by atoms with Gasteiger partial charge in [-0.3, -0.25) is 0 Å². The highest BCUT2D eigenvalue weighted by atomic mass is 19.1. The minimum Gasteiger partial charge on any atom is -0.365 e. The van der Waals surface area contributed by atoms with Crippen LogP contribution in [0.4, 0.5) is 10.2 Å². The molecular weight excluding hydrogens is 313 g/mol. The van der Waals surface area contributed by atoms with E-state index in [1.165, 1.54) is 6.07 Å². The van der Waals surface area contributed by atoms with E-state index in [0.717, 1.165) is 35.3 Å². The summed E-state index contributed by atoms with van der Waals surface area (Å²) in [6, 6.07) is 13.0. The van der Waals surface area contributed by atoms with E-state index < -0.39 is 0 Å². The van der Waals surface area contributed by atoms with Gasteiger partial charge in [-0.25, -0.2) is 4.39 Å². The number of anilines is 1. The minimum atomic E-state index is -0.386. The summed E-state index contributed by atoms with van der Waals surface area (Å²) in [4.78, 5) is 0. The van der Waals surface area contributed by atoms with Gasteiger partial charge in [0.25, 0.3) is 0 Å². The maximum atomic E-state index is 14.5. The summed E-state index contributed by atoms with van der Waals surface area (Å²) >= 11 is 0. The van der Waals surface area contributed by atoms with Gasteiger partial charge in [0, 0.05) is 27.9 Å². The van der Waals surface area contributed by atoms with E-state index in [1.54, 1.807) is 12.1 Å². The molecule has 1 heterocycles. The summed E-state index contributed by atoms with van der Waals surface area (Å²) in [7, 11) is 0. The first-order valence-corrected chi connectivity index (χ1v) is 8.44. The van der Waals surface area contributed by atoms with Crippen LogP contribution in [0.5, 0.6) is 0 Å². The van der Waals surface area contributed by atoms with Crippen LogP contribution in [-0.4, -0.2) is 16.2 Å². The molecular formula is C21H18FN3. The third-order valence-corrected chi connectivity index (χ3v) is 4.79. The van der Waals surface area contributed by atoms with Crippen molar-refractivity contribution in [2.75, 3.05) is 5.32 Å². The molecule has 0 aliphatic heterocycles. The highest BCUT2D eigenvalue weighted by molar-refractivity contribution is 6.00. The molecule has 0 atom stereocenters. The van der Waals surface area contributed by atoms with Crippen LogP contribution in [0.1, 0.15) is 25.3 Å². The van der Waals surface area contributed by atoms with Crippen LogP contribution in [-0.2, 0) is 0 Å². The number of benzene rings is 2. The molecule has 0 saturated heterocycles. The Balaban J connectivity index is 1.80. The largest absolute Gasteiger partial charge is 0.365 e. The van der Waals surface area contributed by atoms with Crippen LogP contribution in [0.15, 0.2) is 42.5 Å². The zero-order valence-corrected chi connectivity index (χ0v) is 14.0. The Labute approximate surface area is 146 Å². The monoisotopic (exact) mass is 331 g/mol. The second kappa shape index (κ2) is 6.18. The first-order chi connectivity index (χ1) is 12.2. The molecule has 1 N–H and O–H groups in total. The normalized spacial score (nSPS) is 19.2. The molecule has 25 heavy (non-hydrogen) atoms. The molecule has 4 rings (SSSR count). The molecule has 3 aromatic rings. The van der Waals surface area contributed by atoms with Crippen LogP contribution in [0, 0.1) is 24.1 Å². The summed E-state index contributed by atoms with van der Waals surface area (Å²) in [5.41, 5.74) is 1.45. The van der Waals surface area contributed by atoms with Crippen LogP contribution in [0.25, 0.3) is 22.0 Å². The third-order valence-electron chi connectivity index (χ3n) is 4.79. The van der Waals surface area contributed by atoms with Crippen molar-refractivity contribution in [3.63, 3.8) is 0 Å². The Kier molecular flexibility index (Phi) is 3.85. The number of nitrogens with one attached hydrogen (secondary N) is 1. The van der Waals surface area contributed by atoms with Gasteiger partial charge in [-0.05, 0) is 37.0 Å². The highest BCUT2D eigenvalue weighted by Crippen LogP contribution is 2.34. The van der Waals surface area contributed by atoms with Crippen molar-refractivity contribution in [2.24, 2.45) is 5.92 Å². The van der Waals surface area contributed by atoms with E-state index in [1.807, 2.05) is 24.3 Å². The Morgan fingerprint density at radius 2 is 1.88 bits per heavy atom. The number of terminal acetylenes is 1. The molecule has 0 amide bonds. The summed E-state index contributed by atoms with van der Waals surface area (Å²) in [5.74, 6) is 3.57. The molecule has 1 aliphatic rings. The van der Waals surface area contributed by atoms with Crippen molar-refractivity contribution in [1.29, 1.82) is 0 Å². The van der Waals surface area contributed by atoms with E-state index in [4.69, 9.17) is 6.42 Å². The van der Waals surface area contributed by atoms with Gasteiger partial charge < -0.3 is 5.32 Å². The number of fused-ring (bicyclic) bond motifs is 1. The molecule has 0 spiro atoms. The summed E-state index contributed by atoms with van der Waals surface area (Å²) in [6.07, 6.45) is 7.62. The lowest BCUT2D eigenvalue weighted by Crippen LogP contribution is -2.34. The quantitative estimate of drug-likeness (QED) is 0.711. The summed E-state index contributed by atoms with van der Waals surface area (Å²) < 4.78 is 14.5. The second-order valence-electron chi connectivity index (χ2n) is 6.70. The van der Waals surface area contributed by atoms with E-state index in [2.05, 4.69) is 28.4 Å². The Bertz CT molecular complexity index is 984. The molecule has 1 saturated carbocycles. The lowest BCUT2D eigenvalue weighted by molar-refractivity contribution is 0.308. The van der Waals surface area contributed by atoms with Gasteiger partial charge in [-0.1, -0.05) is 37.1 Å². The first-order valence-electron chi connectivity index (χ1n) is 8.44. The van der Waals surface area contributed by atoms with Crippen molar-refractivity contribution in [1.82, 2.24) is 10.2 Å². The maximum Gasteiger partial charge on any atom is 0.156 e. The number of rotatable bonds is 3. The van der Waals surface area contributed by atoms with E-state index in [9.17, 15) is 4.39 Å². The third kappa shape index (κ3) is 2.83. The van der Waals surface area contributed by atoms with Gasteiger partial charge in [0.2, 0.25) is 0 Å². The second-order valence-corrected chi connectivity index (χ2v) is 6.70. The minimum absolute atomic E-state index is 0.386. The average molecular weight is 331 g/mol. The lowest BCUT2D eigenvalue weighted by Gasteiger charge is -2.33. The zero-order chi connectivity index (χ0) is 17.4. The average Bonchev–Trinajstić information content (AvgIpc) is 2.61. The fourth-order valence-corrected chi connectivity index (χ4v) is 3.42. The Hall–Kier alpha value is -2.93. The lowest BCUT2D eigenvalue weighted by atomic mass is 9.82. The van der Waals surface area contributed by atoms with Crippen LogP contribution in [0.3, 0.4) is 0 Å². The van der Waals surface area contributed by atoms with E-state index in [0.29, 0.717) is 22.9 Å². The van der Waals surface area contributed by atoms with Gasteiger partial charge in [0.05, 0.1) is 0 Å². The SMILES string of the molecule is C#Cc1ccc(-c2nnc(NC3CC(C)C3)c3ccccc23)c(F)c1. The van der Waals surface area contributed by atoms with Gasteiger partial charge >= 0.3 is 0 Å². The van der Waals surface area contributed by atoms with Crippen molar-refractivity contribution in [2.45, 2.75) is 25.8 Å². The predicted molar refractivity (Wildman–Crippen MR) is 98.7 cm³/mol. The molecule has 124 valence electrons. The van der Waals surface area contributed by atoms with Gasteiger partial charge in [-0.2, -0.15) is 0 Å². The number of hydrogen-bond donors (Lipinski definition) is 1.